The first-order valence-corrected chi connectivity index (χ1v) is 3.73. The summed E-state index contributed by atoms with van der Waals surface area (Å²) in [7, 11) is 1.82. The van der Waals surface area contributed by atoms with Crippen molar-refractivity contribution in [2.45, 2.75) is 6.92 Å². The summed E-state index contributed by atoms with van der Waals surface area (Å²) in [4.78, 5) is 0. The lowest BCUT2D eigenvalue weighted by molar-refractivity contribution is 1.01. The van der Waals surface area contributed by atoms with Crippen LogP contribution in [-0.2, 0) is 0 Å². The lowest BCUT2D eigenvalue weighted by Gasteiger charge is -1.95. The highest BCUT2D eigenvalue weighted by Gasteiger charge is 2.01. The smallest absolute Gasteiger partial charge is 0.163 e. The van der Waals surface area contributed by atoms with E-state index in [2.05, 4.69) is 22.1 Å². The highest BCUT2D eigenvalue weighted by atomic mass is 32.1. The summed E-state index contributed by atoms with van der Waals surface area (Å²) < 4.78 is 0. The Hall–Kier alpha value is -0.900. The van der Waals surface area contributed by atoms with E-state index in [0.717, 1.165) is 15.7 Å². The normalized spacial score (nSPS) is 9.40. The average Bonchev–Trinajstić information content (AvgIpc) is 2.34. The SMILES string of the molecule is C=C(NC)c1nnc(C)s1. The molecule has 0 atom stereocenters. The third kappa shape index (κ3) is 1.33. The van der Waals surface area contributed by atoms with Crippen LogP contribution in [0.1, 0.15) is 10.0 Å². The lowest BCUT2D eigenvalue weighted by atomic mass is 10.5. The molecular formula is C6H9N3S. The Kier molecular flexibility index (Phi) is 2.01. The molecule has 54 valence electrons. The summed E-state index contributed by atoms with van der Waals surface area (Å²) in [5.41, 5.74) is 0.825. The van der Waals surface area contributed by atoms with E-state index in [1.54, 1.807) is 0 Å². The molecule has 0 spiro atoms. The molecule has 0 fully saturated rings. The first-order valence-electron chi connectivity index (χ1n) is 2.91. The van der Waals surface area contributed by atoms with Gasteiger partial charge in [0.25, 0.3) is 0 Å². The molecule has 0 saturated carbocycles. The Morgan fingerprint density at radius 3 is 2.70 bits per heavy atom. The van der Waals surface area contributed by atoms with Gasteiger partial charge in [0, 0.05) is 7.05 Å². The monoisotopic (exact) mass is 155 g/mol. The highest BCUT2D eigenvalue weighted by molar-refractivity contribution is 7.12. The van der Waals surface area contributed by atoms with Crippen LogP contribution in [0.5, 0.6) is 0 Å². The van der Waals surface area contributed by atoms with E-state index < -0.39 is 0 Å². The van der Waals surface area contributed by atoms with Crippen LogP contribution in [0.15, 0.2) is 6.58 Å². The highest BCUT2D eigenvalue weighted by Crippen LogP contribution is 2.13. The minimum absolute atomic E-state index is 0.825. The van der Waals surface area contributed by atoms with E-state index in [1.165, 1.54) is 11.3 Å². The van der Waals surface area contributed by atoms with Crippen LogP contribution in [0.3, 0.4) is 0 Å². The van der Waals surface area contributed by atoms with Gasteiger partial charge in [0.05, 0.1) is 5.70 Å². The molecule has 3 nitrogen and oxygen atoms in total. The Bertz CT molecular complexity index is 241. The maximum atomic E-state index is 3.89. The van der Waals surface area contributed by atoms with Crippen molar-refractivity contribution in [1.29, 1.82) is 0 Å². The van der Waals surface area contributed by atoms with Gasteiger partial charge < -0.3 is 5.32 Å². The molecule has 0 saturated heterocycles. The molecular weight excluding hydrogens is 146 g/mol. The van der Waals surface area contributed by atoms with Crippen molar-refractivity contribution in [1.82, 2.24) is 15.5 Å². The van der Waals surface area contributed by atoms with Gasteiger partial charge in [-0.1, -0.05) is 17.9 Å². The fourth-order valence-corrected chi connectivity index (χ4v) is 1.19. The summed E-state index contributed by atoms with van der Waals surface area (Å²) in [5, 5.41) is 12.5. The fourth-order valence-electron chi connectivity index (χ4n) is 0.525. The predicted octanol–water partition coefficient (Wildman–Crippen LogP) is 1.04. The molecule has 0 unspecified atom stereocenters. The molecule has 1 aromatic rings. The van der Waals surface area contributed by atoms with E-state index >= 15 is 0 Å². The van der Waals surface area contributed by atoms with Crippen molar-refractivity contribution in [3.63, 3.8) is 0 Å². The molecule has 0 aromatic carbocycles. The maximum absolute atomic E-state index is 3.89. The van der Waals surface area contributed by atoms with E-state index in [0.29, 0.717) is 0 Å². The molecule has 0 bridgehead atoms. The summed E-state index contributed by atoms with van der Waals surface area (Å²) >= 11 is 1.54. The number of aryl methyl sites for hydroxylation is 1. The summed E-state index contributed by atoms with van der Waals surface area (Å²) in [6, 6.07) is 0. The standard InChI is InChI=1S/C6H9N3S/c1-4(7-3)6-9-8-5(2)10-6/h7H,1H2,2-3H3. The molecule has 10 heavy (non-hydrogen) atoms. The largest absolute Gasteiger partial charge is 0.386 e. The van der Waals surface area contributed by atoms with Gasteiger partial charge in [0.15, 0.2) is 5.01 Å². The van der Waals surface area contributed by atoms with E-state index in [9.17, 15) is 0 Å². The van der Waals surface area contributed by atoms with E-state index in [1.807, 2.05) is 14.0 Å². The third-order valence-corrected chi connectivity index (χ3v) is 1.98. The number of aromatic nitrogens is 2. The third-order valence-electron chi connectivity index (χ3n) is 1.09. The van der Waals surface area contributed by atoms with Gasteiger partial charge in [0.1, 0.15) is 5.01 Å². The zero-order valence-corrected chi connectivity index (χ0v) is 6.83. The van der Waals surface area contributed by atoms with Crippen molar-refractivity contribution in [3.05, 3.63) is 16.6 Å². The van der Waals surface area contributed by atoms with Crippen LogP contribution in [0.4, 0.5) is 0 Å². The van der Waals surface area contributed by atoms with Gasteiger partial charge >= 0.3 is 0 Å². The second-order valence-corrected chi connectivity index (χ2v) is 3.04. The first-order chi connectivity index (χ1) is 4.74. The van der Waals surface area contributed by atoms with Crippen LogP contribution >= 0.6 is 11.3 Å². The molecule has 1 aromatic heterocycles. The van der Waals surface area contributed by atoms with Crippen LogP contribution < -0.4 is 5.32 Å². The number of hydrogen-bond donors (Lipinski definition) is 1. The zero-order chi connectivity index (χ0) is 7.56. The Balaban J connectivity index is 2.85. The number of nitrogens with zero attached hydrogens (tertiary/aromatic N) is 2. The molecule has 0 aliphatic heterocycles. The molecule has 4 heteroatoms. The topological polar surface area (TPSA) is 37.8 Å². The Morgan fingerprint density at radius 2 is 2.30 bits per heavy atom. The molecule has 1 heterocycles. The quantitative estimate of drug-likeness (QED) is 0.693. The second kappa shape index (κ2) is 2.79. The molecule has 1 rings (SSSR count). The molecule has 0 amide bonds. The second-order valence-electron chi connectivity index (χ2n) is 1.85. The van der Waals surface area contributed by atoms with Crippen molar-refractivity contribution < 1.29 is 0 Å². The van der Waals surface area contributed by atoms with Gasteiger partial charge in [-0.05, 0) is 6.92 Å². The summed E-state index contributed by atoms with van der Waals surface area (Å²) in [6.07, 6.45) is 0. The lowest BCUT2D eigenvalue weighted by Crippen LogP contribution is -2.01. The summed E-state index contributed by atoms with van der Waals surface area (Å²) in [6.45, 7) is 5.67. The van der Waals surface area contributed by atoms with E-state index in [4.69, 9.17) is 0 Å². The zero-order valence-electron chi connectivity index (χ0n) is 6.01. The van der Waals surface area contributed by atoms with Gasteiger partial charge in [-0.2, -0.15) is 0 Å². The minimum Gasteiger partial charge on any atom is -0.386 e. The summed E-state index contributed by atoms with van der Waals surface area (Å²) in [5.74, 6) is 0. The van der Waals surface area contributed by atoms with Gasteiger partial charge in [-0.15, -0.1) is 10.2 Å². The van der Waals surface area contributed by atoms with Crippen molar-refractivity contribution in [2.75, 3.05) is 7.05 Å². The van der Waals surface area contributed by atoms with Crippen molar-refractivity contribution in [3.8, 4) is 0 Å². The number of hydrogen-bond acceptors (Lipinski definition) is 4. The molecule has 0 aliphatic rings. The van der Waals surface area contributed by atoms with Crippen LogP contribution in [0.2, 0.25) is 0 Å². The van der Waals surface area contributed by atoms with Gasteiger partial charge in [-0.25, -0.2) is 0 Å². The maximum Gasteiger partial charge on any atom is 0.163 e. The average molecular weight is 155 g/mol. The predicted molar refractivity (Wildman–Crippen MR) is 42.7 cm³/mol. The fraction of sp³-hybridized carbons (Fsp3) is 0.333. The minimum atomic E-state index is 0.825. The van der Waals surface area contributed by atoms with Gasteiger partial charge in [-0.3, -0.25) is 0 Å². The van der Waals surface area contributed by atoms with Crippen molar-refractivity contribution >= 4 is 17.0 Å². The molecule has 1 N–H and O–H groups in total. The molecule has 0 radical (unpaired) electrons. The van der Waals surface area contributed by atoms with Gasteiger partial charge in [0.2, 0.25) is 0 Å². The Morgan fingerprint density at radius 1 is 1.60 bits per heavy atom. The van der Waals surface area contributed by atoms with Crippen LogP contribution in [0, 0.1) is 6.92 Å². The Labute approximate surface area is 63.8 Å². The first kappa shape index (κ1) is 7.21. The van der Waals surface area contributed by atoms with Crippen molar-refractivity contribution in [2.24, 2.45) is 0 Å². The molecule has 0 aliphatic carbocycles. The van der Waals surface area contributed by atoms with E-state index in [-0.39, 0.29) is 0 Å². The van der Waals surface area contributed by atoms with Crippen LogP contribution in [-0.4, -0.2) is 17.2 Å². The number of rotatable bonds is 2. The number of nitrogens with one attached hydrogen (secondary N) is 1. The van der Waals surface area contributed by atoms with Crippen LogP contribution in [0.25, 0.3) is 5.70 Å².